The number of ether oxygens (including phenoxy) is 1. The molecular formula is C12H21NO2. The lowest BCUT2D eigenvalue weighted by Gasteiger charge is -2.33. The number of fused-ring (bicyclic) bond motifs is 1. The van der Waals surface area contributed by atoms with Crippen molar-refractivity contribution >= 4 is 5.97 Å². The second-order valence-electron chi connectivity index (χ2n) is 4.63. The van der Waals surface area contributed by atoms with Crippen molar-refractivity contribution in [2.75, 3.05) is 13.2 Å². The van der Waals surface area contributed by atoms with Gasteiger partial charge in [0.2, 0.25) is 0 Å². The van der Waals surface area contributed by atoms with Gasteiger partial charge in [-0.2, -0.15) is 0 Å². The first kappa shape index (κ1) is 10.9. The summed E-state index contributed by atoms with van der Waals surface area (Å²) in [5.41, 5.74) is 0. The third-order valence-corrected chi connectivity index (χ3v) is 3.68. The van der Waals surface area contributed by atoms with Crippen LogP contribution in [0.2, 0.25) is 0 Å². The van der Waals surface area contributed by atoms with Crippen LogP contribution in [0, 0.1) is 0 Å². The molecule has 3 nitrogen and oxygen atoms in total. The van der Waals surface area contributed by atoms with E-state index >= 15 is 0 Å². The number of carbonyl (C=O) groups excluding carboxylic acids is 1. The van der Waals surface area contributed by atoms with E-state index in [4.69, 9.17) is 4.74 Å². The van der Waals surface area contributed by atoms with Crippen LogP contribution in [0.1, 0.15) is 45.4 Å². The molecule has 0 amide bonds. The maximum atomic E-state index is 11.4. The predicted octanol–water partition coefficient (Wildman–Crippen LogP) is 1.96. The molecule has 0 radical (unpaired) electrons. The first-order valence-corrected chi connectivity index (χ1v) is 6.22. The molecule has 2 rings (SSSR count). The van der Waals surface area contributed by atoms with Gasteiger partial charge in [0, 0.05) is 12.1 Å². The number of rotatable bonds is 3. The van der Waals surface area contributed by atoms with Gasteiger partial charge in [0.05, 0.1) is 13.0 Å². The first-order chi connectivity index (χ1) is 7.31. The molecule has 2 saturated heterocycles. The number of hydrogen-bond acceptors (Lipinski definition) is 3. The molecule has 15 heavy (non-hydrogen) atoms. The molecule has 0 aromatic carbocycles. The number of esters is 1. The summed E-state index contributed by atoms with van der Waals surface area (Å²) in [4.78, 5) is 14.0. The number of hydrogen-bond donors (Lipinski definition) is 0. The zero-order chi connectivity index (χ0) is 10.7. The average Bonchev–Trinajstić information content (AvgIpc) is 2.62. The average molecular weight is 211 g/mol. The second-order valence-corrected chi connectivity index (χ2v) is 4.63. The Morgan fingerprint density at radius 1 is 1.33 bits per heavy atom. The lowest BCUT2D eigenvalue weighted by Crippen LogP contribution is -2.40. The molecule has 2 aliphatic heterocycles. The van der Waals surface area contributed by atoms with Crippen LogP contribution in [0.5, 0.6) is 0 Å². The summed E-state index contributed by atoms with van der Waals surface area (Å²) < 4.78 is 5.02. The smallest absolute Gasteiger partial charge is 0.307 e. The molecule has 0 spiro atoms. The van der Waals surface area contributed by atoms with Crippen LogP contribution in [0.25, 0.3) is 0 Å². The van der Waals surface area contributed by atoms with Gasteiger partial charge in [-0.3, -0.25) is 9.69 Å². The molecule has 0 saturated carbocycles. The predicted molar refractivity (Wildman–Crippen MR) is 58.6 cm³/mol. The van der Waals surface area contributed by atoms with Crippen LogP contribution in [-0.4, -0.2) is 36.1 Å². The van der Waals surface area contributed by atoms with Gasteiger partial charge in [-0.25, -0.2) is 0 Å². The van der Waals surface area contributed by atoms with Crippen molar-refractivity contribution in [3.05, 3.63) is 0 Å². The Morgan fingerprint density at radius 3 is 3.00 bits per heavy atom. The fraction of sp³-hybridized carbons (Fsp3) is 0.917. The van der Waals surface area contributed by atoms with Gasteiger partial charge in [-0.15, -0.1) is 0 Å². The Hall–Kier alpha value is -0.570. The van der Waals surface area contributed by atoms with Crippen molar-refractivity contribution in [1.82, 2.24) is 4.90 Å². The molecule has 2 atom stereocenters. The summed E-state index contributed by atoms with van der Waals surface area (Å²) >= 11 is 0. The lowest BCUT2D eigenvalue weighted by atomic mass is 10.0. The quantitative estimate of drug-likeness (QED) is 0.668. The maximum Gasteiger partial charge on any atom is 0.307 e. The van der Waals surface area contributed by atoms with Gasteiger partial charge in [-0.1, -0.05) is 6.42 Å². The SMILES string of the molecule is CCOC(=O)C[C@H]1CC[C@H]2CCCCN21. The van der Waals surface area contributed by atoms with E-state index in [1.807, 2.05) is 6.92 Å². The van der Waals surface area contributed by atoms with Gasteiger partial charge in [0.25, 0.3) is 0 Å². The lowest BCUT2D eigenvalue weighted by molar-refractivity contribution is -0.144. The number of piperidine rings is 1. The third-order valence-electron chi connectivity index (χ3n) is 3.68. The van der Waals surface area contributed by atoms with Crippen LogP contribution in [0.4, 0.5) is 0 Å². The van der Waals surface area contributed by atoms with Crippen LogP contribution in [0.3, 0.4) is 0 Å². The van der Waals surface area contributed by atoms with E-state index in [-0.39, 0.29) is 5.97 Å². The Balaban J connectivity index is 1.85. The molecule has 0 unspecified atom stereocenters. The highest BCUT2D eigenvalue weighted by Crippen LogP contribution is 2.32. The molecule has 0 aromatic heterocycles. The molecule has 2 fully saturated rings. The van der Waals surface area contributed by atoms with Crippen molar-refractivity contribution in [2.45, 2.75) is 57.5 Å². The van der Waals surface area contributed by atoms with Crippen molar-refractivity contribution in [2.24, 2.45) is 0 Å². The maximum absolute atomic E-state index is 11.4. The minimum absolute atomic E-state index is 0.0197. The van der Waals surface area contributed by atoms with Crippen molar-refractivity contribution in [3.63, 3.8) is 0 Å². The molecule has 2 heterocycles. The van der Waals surface area contributed by atoms with Gasteiger partial charge in [0.1, 0.15) is 0 Å². The van der Waals surface area contributed by atoms with Crippen molar-refractivity contribution in [3.8, 4) is 0 Å². The zero-order valence-electron chi connectivity index (χ0n) is 9.58. The van der Waals surface area contributed by atoms with Gasteiger partial charge < -0.3 is 4.74 Å². The standard InChI is InChI=1S/C12H21NO2/c1-2-15-12(14)9-11-7-6-10-5-3-4-8-13(10)11/h10-11H,2-9H2,1H3/t10-,11-/m1/s1. The summed E-state index contributed by atoms with van der Waals surface area (Å²) in [6.07, 6.45) is 7.07. The largest absolute Gasteiger partial charge is 0.466 e. The first-order valence-electron chi connectivity index (χ1n) is 6.22. The summed E-state index contributed by atoms with van der Waals surface area (Å²) in [5.74, 6) is -0.0197. The minimum Gasteiger partial charge on any atom is -0.466 e. The highest BCUT2D eigenvalue weighted by molar-refractivity contribution is 5.70. The summed E-state index contributed by atoms with van der Waals surface area (Å²) in [6.45, 7) is 3.57. The fourth-order valence-electron chi connectivity index (χ4n) is 3.00. The van der Waals surface area contributed by atoms with Crippen molar-refractivity contribution < 1.29 is 9.53 Å². The third kappa shape index (κ3) is 2.51. The summed E-state index contributed by atoms with van der Waals surface area (Å²) in [6, 6.07) is 1.23. The Bertz CT molecular complexity index is 230. The van der Waals surface area contributed by atoms with E-state index in [1.165, 1.54) is 38.6 Å². The van der Waals surface area contributed by atoms with Crippen LogP contribution in [-0.2, 0) is 9.53 Å². The van der Waals surface area contributed by atoms with Crippen LogP contribution < -0.4 is 0 Å². The van der Waals surface area contributed by atoms with E-state index in [2.05, 4.69) is 4.90 Å². The highest BCUT2D eigenvalue weighted by Gasteiger charge is 2.35. The molecule has 3 heteroatoms. The summed E-state index contributed by atoms with van der Waals surface area (Å²) in [7, 11) is 0. The van der Waals surface area contributed by atoms with Crippen LogP contribution >= 0.6 is 0 Å². The molecule has 86 valence electrons. The molecule has 0 aromatic rings. The van der Waals surface area contributed by atoms with Gasteiger partial charge >= 0.3 is 5.97 Å². The van der Waals surface area contributed by atoms with Crippen LogP contribution in [0.15, 0.2) is 0 Å². The molecule has 0 N–H and O–H groups in total. The van der Waals surface area contributed by atoms with Gasteiger partial charge in [-0.05, 0) is 39.2 Å². The fourth-order valence-corrected chi connectivity index (χ4v) is 3.00. The Labute approximate surface area is 91.8 Å². The molecule has 0 bridgehead atoms. The van der Waals surface area contributed by atoms with E-state index in [0.717, 1.165) is 6.04 Å². The number of nitrogens with zero attached hydrogens (tertiary/aromatic N) is 1. The Morgan fingerprint density at radius 2 is 2.20 bits per heavy atom. The number of carbonyl (C=O) groups is 1. The summed E-state index contributed by atoms with van der Waals surface area (Å²) in [5, 5.41) is 0. The second kappa shape index (κ2) is 4.97. The van der Waals surface area contributed by atoms with E-state index < -0.39 is 0 Å². The topological polar surface area (TPSA) is 29.5 Å². The highest BCUT2D eigenvalue weighted by atomic mass is 16.5. The zero-order valence-corrected chi connectivity index (χ0v) is 9.58. The van der Waals surface area contributed by atoms with E-state index in [0.29, 0.717) is 19.1 Å². The Kier molecular flexibility index (Phi) is 3.62. The molecule has 0 aliphatic carbocycles. The normalized spacial score (nSPS) is 31.3. The minimum atomic E-state index is -0.0197. The molecular weight excluding hydrogens is 190 g/mol. The van der Waals surface area contributed by atoms with Crippen molar-refractivity contribution in [1.29, 1.82) is 0 Å². The monoisotopic (exact) mass is 211 g/mol. The molecule has 2 aliphatic rings. The van der Waals surface area contributed by atoms with E-state index in [1.54, 1.807) is 0 Å². The van der Waals surface area contributed by atoms with E-state index in [9.17, 15) is 4.79 Å². The van der Waals surface area contributed by atoms with Gasteiger partial charge in [0.15, 0.2) is 0 Å².